The van der Waals surface area contributed by atoms with Gasteiger partial charge in [-0.05, 0) is 96.1 Å². The van der Waals surface area contributed by atoms with Crippen molar-refractivity contribution in [3.63, 3.8) is 0 Å². The van der Waals surface area contributed by atoms with Crippen LogP contribution in [0.2, 0.25) is 0 Å². The fraction of sp³-hybridized carbons (Fsp3) is 0.434. The number of fused-ring (bicyclic) bond motifs is 24. The summed E-state index contributed by atoms with van der Waals surface area (Å²) in [6.45, 7) is 69.2. The van der Waals surface area contributed by atoms with Crippen LogP contribution in [0.5, 0.6) is 0 Å². The fourth-order valence-corrected chi connectivity index (χ4v) is 17.0. The van der Waals surface area contributed by atoms with Crippen LogP contribution in [-0.4, -0.2) is 57.3 Å². The van der Waals surface area contributed by atoms with E-state index in [-0.39, 0.29) is 0 Å². The van der Waals surface area contributed by atoms with Crippen LogP contribution in [0.25, 0.3) is 111 Å². The standard InChI is InChI=1S/C18H15N2O.C18H15N2S.2C11H12N3.2C10H11N4.14C2H6/c2*1-11-13-9-14-12-5-3-4-6-16(12)21-17(14)10-15(13)18-19(2)7-8-20(11)18;1-8-10-7-12-4-3-9(10)11-13(2)5-6-14(8)11;1-8-10-9(4-3-5-12-10)11-13(2)6-7-14(8)11;1-7-9-8(5-11-6-12-9)10-13(2)3-4-14(7)10;1-7-8-5-11-6-12-9(8)10-13(2)3-4-14(7)10;14*1-2/h2*3-11H,1-2H3;2*3-8H,1-2H3;2*3-7H,1-2H3;14*1-2H3/q6*+1;;;;;;;;;;;;;;. The van der Waals surface area contributed by atoms with Crippen molar-refractivity contribution in [1.82, 2.24) is 57.3 Å². The molecule has 0 spiro atoms. The predicted octanol–water partition coefficient (Wildman–Crippen LogP) is 26.4. The first-order valence-corrected chi connectivity index (χ1v) is 48.2. The lowest BCUT2D eigenvalue weighted by molar-refractivity contribution is -0.659. The largest absolute Gasteiger partial charge is 0.456 e. The van der Waals surface area contributed by atoms with Gasteiger partial charge in [0.15, 0.2) is 5.69 Å². The summed E-state index contributed by atoms with van der Waals surface area (Å²) in [6.07, 6.45) is 38.0. The van der Waals surface area contributed by atoms with Gasteiger partial charge in [-0.25, -0.2) is 74.7 Å². The molecule has 6 unspecified atom stereocenters. The Morgan fingerprint density at radius 2 is 0.651 bits per heavy atom. The van der Waals surface area contributed by atoms with Gasteiger partial charge in [-0.15, -0.1) is 11.3 Å². The molecule has 0 radical (unpaired) electrons. The lowest BCUT2D eigenvalue weighted by atomic mass is 10.0. The van der Waals surface area contributed by atoms with Gasteiger partial charge in [0.1, 0.15) is 151 Å². The molecule has 12 aromatic heterocycles. The van der Waals surface area contributed by atoms with E-state index in [0.717, 1.165) is 33.9 Å². The van der Waals surface area contributed by atoms with Gasteiger partial charge in [0.05, 0.1) is 64.5 Å². The molecule has 22 rings (SSSR count). The fourth-order valence-electron chi connectivity index (χ4n) is 15.9. The number of aryl methyl sites for hydroxylation is 6. The highest BCUT2D eigenvalue weighted by Crippen LogP contribution is 2.46. The monoisotopic (exact) mass is 1730 g/mol. The van der Waals surface area contributed by atoms with Gasteiger partial charge in [0.2, 0.25) is 0 Å². The minimum atomic E-state index is 0.323. The molecule has 16 aromatic rings. The predicted molar refractivity (Wildman–Crippen MR) is 535 cm³/mol. The number of rotatable bonds is 0. The van der Waals surface area contributed by atoms with E-state index >= 15 is 0 Å². The maximum atomic E-state index is 6.03. The molecule has 0 fully saturated rings. The number of thiophene rings is 1. The highest BCUT2D eigenvalue weighted by atomic mass is 32.1. The Morgan fingerprint density at radius 1 is 0.278 bits per heavy atom. The van der Waals surface area contributed by atoms with E-state index in [4.69, 9.17) is 4.42 Å². The van der Waals surface area contributed by atoms with Crippen molar-refractivity contribution >= 4 is 53.4 Å². The van der Waals surface area contributed by atoms with Crippen molar-refractivity contribution in [3.8, 4) is 68.5 Å². The number of imidazole rings is 6. The molecule has 0 saturated carbocycles. The molecule has 19 nitrogen and oxygen atoms in total. The van der Waals surface area contributed by atoms with Crippen molar-refractivity contribution in [2.45, 2.75) is 272 Å². The number of hydrogen-bond donors (Lipinski definition) is 0. The summed E-state index contributed by atoms with van der Waals surface area (Å²) in [7, 11) is 12.4. The van der Waals surface area contributed by atoms with Gasteiger partial charge in [-0.2, -0.15) is 0 Å². The average Bonchev–Trinajstić information content (AvgIpc) is 1.54. The molecule has 6 atom stereocenters. The summed E-state index contributed by atoms with van der Waals surface area (Å²) in [5.41, 5.74) is 17.0. The molecule has 0 saturated heterocycles. The zero-order valence-corrected chi connectivity index (χ0v) is 85.8. The van der Waals surface area contributed by atoms with E-state index in [1.54, 1.807) is 12.7 Å². The normalized spacial score (nSPS) is 14.2. The zero-order valence-electron chi connectivity index (χ0n) is 85.0. The zero-order chi connectivity index (χ0) is 95.1. The van der Waals surface area contributed by atoms with E-state index < -0.39 is 0 Å². The van der Waals surface area contributed by atoms with E-state index in [2.05, 4.69) is 302 Å². The number of hydrogen-bond acceptors (Lipinski definition) is 8. The van der Waals surface area contributed by atoms with Crippen LogP contribution in [0.1, 0.15) is 305 Å². The number of nitrogens with zero attached hydrogens (tertiary/aromatic N) is 18. The SMILES string of the molecule is CC.CC.CC.CC.CC.CC.CC.CC.CC.CC.CC.CC.CC.CC.CC1c2cc3c(cc2-c2n1cc[n+]2C)oc1ccccc13.CC1c2cc3c(cc2-c2n1cc[n+]2C)sc1ccccc13.CC1c2cnccc2-c2n1cc[n+]2C.CC1c2cncnc2-c2n1cc[n+]2C.CC1c2ncccc2-c2n1cc[n+]2C.CC1c2ncncc2-c2n1cc[n+]2C. The van der Waals surface area contributed by atoms with Crippen molar-refractivity contribution < 1.29 is 31.8 Å². The topological polar surface area (TPSA) is 143 Å². The minimum absolute atomic E-state index is 0.323. The summed E-state index contributed by atoms with van der Waals surface area (Å²) in [5, 5.41) is 5.19. The molecule has 6 aliphatic rings. The van der Waals surface area contributed by atoms with Crippen molar-refractivity contribution in [2.24, 2.45) is 42.3 Å². The summed E-state index contributed by atoms with van der Waals surface area (Å²) in [6, 6.07) is 34.7. The Labute approximate surface area is 762 Å². The highest BCUT2D eigenvalue weighted by Gasteiger charge is 2.40. The molecule has 680 valence electrons. The van der Waals surface area contributed by atoms with Crippen molar-refractivity contribution in [2.75, 3.05) is 0 Å². The van der Waals surface area contributed by atoms with Crippen molar-refractivity contribution in [3.05, 3.63) is 243 Å². The molecule has 4 aromatic carbocycles. The molecule has 126 heavy (non-hydrogen) atoms. The number of furan rings is 1. The number of benzene rings is 4. The summed E-state index contributed by atoms with van der Waals surface area (Å²) >= 11 is 1.89. The molecule has 20 heteroatoms. The highest BCUT2D eigenvalue weighted by molar-refractivity contribution is 7.25. The Morgan fingerprint density at radius 3 is 1.16 bits per heavy atom. The van der Waals surface area contributed by atoms with Gasteiger partial charge in [0.25, 0.3) is 29.1 Å². The molecular weight excluding hydrogens is 1570 g/mol. The number of aromatic nitrogens is 18. The van der Waals surface area contributed by atoms with Crippen LogP contribution in [0.4, 0.5) is 0 Å². The van der Waals surface area contributed by atoms with Gasteiger partial charge >= 0.3 is 5.82 Å². The van der Waals surface area contributed by atoms with Crippen LogP contribution < -0.4 is 27.4 Å². The summed E-state index contributed by atoms with van der Waals surface area (Å²) in [5.74, 6) is 7.44. The number of para-hydroxylation sites is 1. The third kappa shape index (κ3) is 22.0. The van der Waals surface area contributed by atoms with Gasteiger partial charge in [0, 0.05) is 84.2 Å². The average molecular weight is 1730 g/mol. The molecule has 0 bridgehead atoms. The Balaban J connectivity index is 0.000000371. The quantitative estimate of drug-likeness (QED) is 0.138. The summed E-state index contributed by atoms with van der Waals surface area (Å²) in [4.78, 5) is 25.4. The molecule has 0 aliphatic carbocycles. The molecule has 18 heterocycles. The lowest BCUT2D eigenvalue weighted by Gasteiger charge is -2.03. The maximum Gasteiger partial charge on any atom is 0.308 e. The first kappa shape index (κ1) is 109. The Hall–Kier alpha value is -11.4. The minimum Gasteiger partial charge on any atom is -0.456 e. The van der Waals surface area contributed by atoms with E-state index in [1.807, 2.05) is 268 Å². The van der Waals surface area contributed by atoms with Gasteiger partial charge < -0.3 is 4.42 Å². The van der Waals surface area contributed by atoms with E-state index in [1.165, 1.54) is 110 Å². The van der Waals surface area contributed by atoms with Crippen molar-refractivity contribution in [1.29, 1.82) is 0 Å². The Kier molecular flexibility index (Phi) is 47.1. The van der Waals surface area contributed by atoms with Crippen LogP contribution in [0, 0.1) is 0 Å². The van der Waals surface area contributed by atoms with E-state index in [9.17, 15) is 0 Å². The van der Waals surface area contributed by atoms with Gasteiger partial charge in [-0.1, -0.05) is 230 Å². The second kappa shape index (κ2) is 54.5. The third-order valence-electron chi connectivity index (χ3n) is 21.0. The third-order valence-corrected chi connectivity index (χ3v) is 22.1. The van der Waals surface area contributed by atoms with Gasteiger partial charge in [-0.3, -0.25) is 9.97 Å². The van der Waals surface area contributed by atoms with Crippen LogP contribution in [0.15, 0.2) is 213 Å². The lowest BCUT2D eigenvalue weighted by Crippen LogP contribution is -2.28. The van der Waals surface area contributed by atoms with Crippen LogP contribution >= 0.6 is 11.3 Å². The maximum absolute atomic E-state index is 6.03. The molecular formula is C106H160N18OS+6. The van der Waals surface area contributed by atoms with Crippen LogP contribution in [0.3, 0.4) is 0 Å². The number of pyridine rings is 2. The molecule has 6 aliphatic heterocycles. The van der Waals surface area contributed by atoms with Crippen LogP contribution in [-0.2, 0) is 42.3 Å². The first-order chi connectivity index (χ1) is 61.6. The first-order valence-electron chi connectivity index (χ1n) is 47.4. The van der Waals surface area contributed by atoms with E-state index in [0.29, 0.717) is 36.3 Å². The summed E-state index contributed by atoms with van der Waals surface area (Å²) < 4.78 is 35.4. The second-order valence-corrected chi connectivity index (χ2v) is 27.6. The second-order valence-electron chi connectivity index (χ2n) is 26.5. The smallest absolute Gasteiger partial charge is 0.308 e. The molecule has 0 N–H and O–H groups in total. The molecule has 0 amide bonds. The Bertz CT molecular complexity index is 5310.